The van der Waals surface area contributed by atoms with E-state index in [0.29, 0.717) is 17.5 Å². The Bertz CT molecular complexity index is 909. The number of nitrogens with zero attached hydrogens (tertiary/aromatic N) is 3. The number of aromatic nitrogens is 1. The van der Waals surface area contributed by atoms with Gasteiger partial charge in [0.1, 0.15) is 0 Å². The molecule has 4 rings (SSSR count). The molecular formula is C26H37F6N3O5. The highest BCUT2D eigenvalue weighted by Gasteiger charge is 2.46. The largest absolute Gasteiger partial charge is 0.490 e. The van der Waals surface area contributed by atoms with Crippen molar-refractivity contribution in [1.82, 2.24) is 14.8 Å². The fraction of sp³-hybridized carbons (Fsp3) is 0.731. The zero-order chi connectivity index (χ0) is 30.1. The Kier molecular flexibility index (Phi) is 12.2. The number of aliphatic carboxylic acids is 2. The standard InChI is InChI=1S/C22H35N3O.2C2HF3O2/c1-18(2)25-17-22(12-21(25)16-26-15-19-5-6-19)7-10-24(11-8-22)14-20-4-3-9-23-13-20;2*3-2(4,5)1(6)7/h3-4,9,13,18-19,21H,5-8,10-12,14-17H2,1-2H3;2*(H,6,7). The van der Waals surface area contributed by atoms with Crippen LogP contribution in [0.15, 0.2) is 24.5 Å². The second-order valence-corrected chi connectivity index (χ2v) is 10.8. The summed E-state index contributed by atoms with van der Waals surface area (Å²) in [5.74, 6) is -4.64. The predicted octanol–water partition coefficient (Wildman–Crippen LogP) is 4.84. The topological polar surface area (TPSA) is 103 Å². The molecule has 1 unspecified atom stereocenters. The van der Waals surface area contributed by atoms with Crippen LogP contribution in [0.5, 0.6) is 0 Å². The van der Waals surface area contributed by atoms with Gasteiger partial charge in [-0.15, -0.1) is 0 Å². The van der Waals surface area contributed by atoms with Gasteiger partial charge in [0.2, 0.25) is 0 Å². The van der Waals surface area contributed by atoms with Crippen LogP contribution >= 0.6 is 0 Å². The van der Waals surface area contributed by atoms with Crippen molar-refractivity contribution >= 4 is 11.9 Å². The molecule has 1 aromatic rings. The predicted molar refractivity (Wildman–Crippen MR) is 132 cm³/mol. The minimum absolute atomic E-state index is 0.517. The fourth-order valence-corrected chi connectivity index (χ4v) is 4.91. The van der Waals surface area contributed by atoms with Crippen molar-refractivity contribution in [2.45, 2.75) is 76.9 Å². The average Bonchev–Trinajstić information content (AvgIpc) is 3.61. The van der Waals surface area contributed by atoms with E-state index >= 15 is 0 Å². The highest BCUT2D eigenvalue weighted by Crippen LogP contribution is 2.44. The molecule has 3 aliphatic rings. The monoisotopic (exact) mass is 585 g/mol. The van der Waals surface area contributed by atoms with Crippen LogP contribution in [0.25, 0.3) is 0 Å². The van der Waals surface area contributed by atoms with Crippen LogP contribution in [0.4, 0.5) is 26.3 Å². The van der Waals surface area contributed by atoms with Gasteiger partial charge in [0.15, 0.2) is 0 Å². The number of likely N-dealkylation sites (tertiary alicyclic amines) is 2. The summed E-state index contributed by atoms with van der Waals surface area (Å²) in [5.41, 5.74) is 1.86. The van der Waals surface area contributed by atoms with Gasteiger partial charge in [0.25, 0.3) is 0 Å². The molecule has 3 heterocycles. The Morgan fingerprint density at radius 2 is 1.60 bits per heavy atom. The van der Waals surface area contributed by atoms with Crippen molar-refractivity contribution in [2.75, 3.05) is 32.8 Å². The second-order valence-electron chi connectivity index (χ2n) is 10.8. The number of ether oxygens (including phenoxy) is 1. The zero-order valence-electron chi connectivity index (χ0n) is 22.5. The maximum atomic E-state index is 10.6. The smallest absolute Gasteiger partial charge is 0.475 e. The number of carboxylic acids is 2. The molecule has 228 valence electrons. The van der Waals surface area contributed by atoms with Crippen molar-refractivity contribution in [3.8, 4) is 0 Å². The summed E-state index contributed by atoms with van der Waals surface area (Å²) >= 11 is 0. The molecule has 3 fully saturated rings. The van der Waals surface area contributed by atoms with Gasteiger partial charge < -0.3 is 14.9 Å². The molecule has 0 amide bonds. The lowest BCUT2D eigenvalue weighted by Crippen LogP contribution is -2.42. The van der Waals surface area contributed by atoms with Crippen LogP contribution < -0.4 is 0 Å². The highest BCUT2D eigenvalue weighted by atomic mass is 19.4. The first-order valence-corrected chi connectivity index (χ1v) is 13.1. The van der Waals surface area contributed by atoms with Crippen molar-refractivity contribution in [3.63, 3.8) is 0 Å². The molecule has 1 aliphatic carbocycles. The first-order valence-electron chi connectivity index (χ1n) is 13.1. The number of piperidine rings is 1. The molecule has 0 radical (unpaired) electrons. The van der Waals surface area contributed by atoms with E-state index in [1.54, 1.807) is 0 Å². The summed E-state index contributed by atoms with van der Waals surface area (Å²) in [6, 6.07) is 5.49. The Balaban J connectivity index is 0.000000333. The van der Waals surface area contributed by atoms with E-state index in [0.717, 1.165) is 25.7 Å². The number of hydrogen-bond acceptors (Lipinski definition) is 6. The molecule has 1 saturated carbocycles. The minimum Gasteiger partial charge on any atom is -0.475 e. The van der Waals surface area contributed by atoms with E-state index in [4.69, 9.17) is 24.5 Å². The van der Waals surface area contributed by atoms with Crippen molar-refractivity contribution in [3.05, 3.63) is 30.1 Å². The lowest BCUT2D eigenvalue weighted by molar-refractivity contribution is -0.193. The molecule has 1 atom stereocenters. The van der Waals surface area contributed by atoms with Crippen LogP contribution in [0.1, 0.15) is 51.5 Å². The van der Waals surface area contributed by atoms with Crippen LogP contribution in [0.2, 0.25) is 0 Å². The Morgan fingerprint density at radius 1 is 1.05 bits per heavy atom. The first-order chi connectivity index (χ1) is 18.5. The van der Waals surface area contributed by atoms with Gasteiger partial charge in [-0.2, -0.15) is 26.3 Å². The minimum atomic E-state index is -5.08. The van der Waals surface area contributed by atoms with Crippen molar-refractivity contribution < 1.29 is 50.9 Å². The molecule has 0 aromatic carbocycles. The quantitative estimate of drug-likeness (QED) is 0.439. The molecule has 1 spiro atoms. The molecule has 8 nitrogen and oxygen atoms in total. The van der Waals surface area contributed by atoms with Gasteiger partial charge in [-0.05, 0) is 82.0 Å². The lowest BCUT2D eigenvalue weighted by atomic mass is 9.76. The molecule has 40 heavy (non-hydrogen) atoms. The lowest BCUT2D eigenvalue weighted by Gasteiger charge is -2.39. The van der Waals surface area contributed by atoms with E-state index in [-0.39, 0.29) is 0 Å². The number of pyridine rings is 1. The summed E-state index contributed by atoms with van der Waals surface area (Å²) in [4.78, 5) is 27.4. The highest BCUT2D eigenvalue weighted by molar-refractivity contribution is 5.73. The molecule has 2 N–H and O–H groups in total. The van der Waals surface area contributed by atoms with Gasteiger partial charge in [-0.3, -0.25) is 14.8 Å². The van der Waals surface area contributed by atoms with Crippen molar-refractivity contribution in [2.24, 2.45) is 11.3 Å². The molecule has 2 saturated heterocycles. The molecule has 2 aliphatic heterocycles. The summed E-state index contributed by atoms with van der Waals surface area (Å²) in [5, 5.41) is 14.2. The van der Waals surface area contributed by atoms with Crippen LogP contribution in [-0.4, -0.2) is 94.2 Å². The maximum absolute atomic E-state index is 10.6. The maximum Gasteiger partial charge on any atom is 0.490 e. The van der Waals surface area contributed by atoms with E-state index < -0.39 is 24.3 Å². The van der Waals surface area contributed by atoms with E-state index in [9.17, 15) is 26.3 Å². The fourth-order valence-electron chi connectivity index (χ4n) is 4.91. The molecule has 14 heteroatoms. The summed E-state index contributed by atoms with van der Waals surface area (Å²) in [6.45, 7) is 11.4. The van der Waals surface area contributed by atoms with Gasteiger partial charge in [-0.25, -0.2) is 9.59 Å². The SMILES string of the molecule is CC(C)N1CC2(CCN(Cc3cccnc3)CC2)CC1COCC1CC1.O=C(O)C(F)(F)F.O=C(O)C(F)(F)F. The number of carbonyl (C=O) groups is 2. The number of hydrogen-bond donors (Lipinski definition) is 2. The molecular weight excluding hydrogens is 548 g/mol. The third kappa shape index (κ3) is 11.6. The van der Waals surface area contributed by atoms with Gasteiger partial charge in [0, 0.05) is 44.2 Å². The van der Waals surface area contributed by atoms with E-state index in [1.807, 2.05) is 18.5 Å². The third-order valence-electron chi connectivity index (χ3n) is 7.21. The molecule has 1 aromatic heterocycles. The summed E-state index contributed by atoms with van der Waals surface area (Å²) < 4.78 is 69.6. The van der Waals surface area contributed by atoms with E-state index in [2.05, 4.69) is 34.7 Å². The normalized spacial score (nSPS) is 21.4. The first kappa shape index (κ1) is 33.8. The Morgan fingerprint density at radius 3 is 2.02 bits per heavy atom. The number of halogens is 6. The zero-order valence-corrected chi connectivity index (χ0v) is 22.5. The summed E-state index contributed by atoms with van der Waals surface area (Å²) in [7, 11) is 0. The van der Waals surface area contributed by atoms with Gasteiger partial charge in [0.05, 0.1) is 6.61 Å². The number of carboxylic acid groups (broad SMARTS) is 2. The van der Waals surface area contributed by atoms with Gasteiger partial charge >= 0.3 is 24.3 Å². The number of alkyl halides is 6. The third-order valence-corrected chi connectivity index (χ3v) is 7.21. The summed E-state index contributed by atoms with van der Waals surface area (Å²) in [6.07, 6.45) is 0.458. The van der Waals surface area contributed by atoms with Gasteiger partial charge in [-0.1, -0.05) is 6.07 Å². The number of rotatable bonds is 7. The Hall–Kier alpha value is -2.45. The average molecular weight is 586 g/mol. The van der Waals surface area contributed by atoms with Crippen LogP contribution in [-0.2, 0) is 20.9 Å². The van der Waals surface area contributed by atoms with Crippen LogP contribution in [0.3, 0.4) is 0 Å². The molecule has 0 bridgehead atoms. The Labute approximate surface area is 229 Å². The van der Waals surface area contributed by atoms with Crippen molar-refractivity contribution in [1.29, 1.82) is 0 Å². The van der Waals surface area contributed by atoms with Crippen LogP contribution in [0, 0.1) is 11.3 Å². The second kappa shape index (κ2) is 14.4. The van der Waals surface area contributed by atoms with E-state index in [1.165, 1.54) is 57.3 Å².